The Labute approximate surface area is 137 Å². The van der Waals surface area contributed by atoms with Crippen LogP contribution in [0.4, 0.5) is 5.69 Å². The number of hydrogen-bond acceptors (Lipinski definition) is 2. The molecule has 0 aromatic heterocycles. The van der Waals surface area contributed by atoms with Crippen molar-refractivity contribution < 1.29 is 5.11 Å². The lowest BCUT2D eigenvalue weighted by Crippen LogP contribution is -2.02. The average molecular weight is 352 g/mol. The van der Waals surface area contributed by atoms with Gasteiger partial charge >= 0.3 is 0 Å². The molecule has 0 aliphatic rings. The highest BCUT2D eigenvalue weighted by molar-refractivity contribution is 9.10. The van der Waals surface area contributed by atoms with Gasteiger partial charge in [0.15, 0.2) is 0 Å². The van der Waals surface area contributed by atoms with Gasteiger partial charge < -0.3 is 5.11 Å². The first-order chi connectivity index (χ1) is 10.7. The third kappa shape index (κ3) is 3.26. The van der Waals surface area contributed by atoms with Gasteiger partial charge in [0.1, 0.15) is 11.4 Å². The molecule has 0 heterocycles. The highest BCUT2D eigenvalue weighted by Crippen LogP contribution is 2.31. The quantitative estimate of drug-likeness (QED) is 0.636. The summed E-state index contributed by atoms with van der Waals surface area (Å²) in [6, 6.07) is 25.2. The van der Waals surface area contributed by atoms with Crippen LogP contribution in [0.15, 0.2) is 88.3 Å². The molecule has 0 radical (unpaired) electrons. The van der Waals surface area contributed by atoms with E-state index in [1.54, 1.807) is 18.2 Å². The zero-order valence-electron chi connectivity index (χ0n) is 11.8. The molecule has 0 amide bonds. The summed E-state index contributed by atoms with van der Waals surface area (Å²) in [5.74, 6) is 0.160. The standard InChI is InChI=1S/C19H14BrNO/c20-16-11-12-18(22)17(13-16)21-19(14-7-3-1-4-8-14)15-9-5-2-6-10-15/h1-13,22H. The molecule has 3 aromatic carbocycles. The summed E-state index contributed by atoms with van der Waals surface area (Å²) in [6.45, 7) is 0. The minimum Gasteiger partial charge on any atom is -0.506 e. The van der Waals surface area contributed by atoms with Gasteiger partial charge in [-0.15, -0.1) is 0 Å². The van der Waals surface area contributed by atoms with Crippen LogP contribution in [0.2, 0.25) is 0 Å². The number of aliphatic imine (C=N–C) groups is 1. The Morgan fingerprint density at radius 2 is 1.32 bits per heavy atom. The largest absolute Gasteiger partial charge is 0.506 e. The minimum absolute atomic E-state index is 0.160. The van der Waals surface area contributed by atoms with Crippen LogP contribution in [0.25, 0.3) is 0 Å². The highest BCUT2D eigenvalue weighted by Gasteiger charge is 2.08. The number of rotatable bonds is 3. The maximum Gasteiger partial charge on any atom is 0.141 e. The van der Waals surface area contributed by atoms with Crippen molar-refractivity contribution in [3.05, 3.63) is 94.5 Å². The molecule has 3 rings (SSSR count). The van der Waals surface area contributed by atoms with Crippen LogP contribution in [-0.4, -0.2) is 10.8 Å². The van der Waals surface area contributed by atoms with E-state index >= 15 is 0 Å². The number of phenols is 1. The Morgan fingerprint density at radius 1 is 0.773 bits per heavy atom. The maximum atomic E-state index is 10.0. The zero-order chi connectivity index (χ0) is 15.4. The van der Waals surface area contributed by atoms with Gasteiger partial charge in [0.05, 0.1) is 5.71 Å². The molecule has 0 fully saturated rings. The Kier molecular flexibility index (Phi) is 4.35. The van der Waals surface area contributed by atoms with Crippen molar-refractivity contribution in [2.75, 3.05) is 0 Å². The van der Waals surface area contributed by atoms with E-state index in [2.05, 4.69) is 15.9 Å². The minimum atomic E-state index is 0.160. The first-order valence-electron chi connectivity index (χ1n) is 6.92. The van der Waals surface area contributed by atoms with Crippen LogP contribution in [0.5, 0.6) is 5.75 Å². The monoisotopic (exact) mass is 351 g/mol. The lowest BCUT2D eigenvalue weighted by molar-refractivity contribution is 0.477. The maximum absolute atomic E-state index is 10.0. The first-order valence-corrected chi connectivity index (χ1v) is 7.71. The van der Waals surface area contributed by atoms with Crippen molar-refractivity contribution in [2.45, 2.75) is 0 Å². The topological polar surface area (TPSA) is 32.6 Å². The summed E-state index contributed by atoms with van der Waals surface area (Å²) >= 11 is 3.42. The number of hydrogen-bond donors (Lipinski definition) is 1. The number of nitrogens with zero attached hydrogens (tertiary/aromatic N) is 1. The van der Waals surface area contributed by atoms with Gasteiger partial charge in [0.2, 0.25) is 0 Å². The number of aromatic hydroxyl groups is 1. The van der Waals surface area contributed by atoms with Crippen molar-refractivity contribution in [3.8, 4) is 5.75 Å². The molecule has 0 spiro atoms. The molecule has 2 nitrogen and oxygen atoms in total. The highest BCUT2D eigenvalue weighted by atomic mass is 79.9. The van der Waals surface area contributed by atoms with Gasteiger partial charge in [-0.1, -0.05) is 76.6 Å². The van der Waals surface area contributed by atoms with Gasteiger partial charge in [0.25, 0.3) is 0 Å². The molecule has 108 valence electrons. The first kappa shape index (κ1) is 14.5. The van der Waals surface area contributed by atoms with Gasteiger partial charge in [0, 0.05) is 15.6 Å². The van der Waals surface area contributed by atoms with Crippen LogP contribution < -0.4 is 0 Å². The van der Waals surface area contributed by atoms with Gasteiger partial charge in [-0.05, 0) is 18.2 Å². The van der Waals surface area contributed by atoms with Crippen LogP contribution >= 0.6 is 15.9 Å². The Morgan fingerprint density at radius 3 is 1.86 bits per heavy atom. The lowest BCUT2D eigenvalue weighted by atomic mass is 10.0. The van der Waals surface area contributed by atoms with Crippen LogP contribution in [-0.2, 0) is 0 Å². The molecule has 3 heteroatoms. The SMILES string of the molecule is Oc1ccc(Br)cc1N=C(c1ccccc1)c1ccccc1. The Bertz CT molecular complexity index is 757. The molecule has 3 aromatic rings. The van der Waals surface area contributed by atoms with Crippen molar-refractivity contribution in [2.24, 2.45) is 4.99 Å². The summed E-state index contributed by atoms with van der Waals surface area (Å²) in [7, 11) is 0. The van der Waals surface area contributed by atoms with Gasteiger partial charge in [-0.25, -0.2) is 4.99 Å². The van der Waals surface area contributed by atoms with E-state index < -0.39 is 0 Å². The summed E-state index contributed by atoms with van der Waals surface area (Å²) in [5, 5.41) is 10.0. The molecule has 0 saturated carbocycles. The molecule has 0 saturated heterocycles. The summed E-state index contributed by atoms with van der Waals surface area (Å²) in [4.78, 5) is 4.70. The van der Waals surface area contributed by atoms with Crippen molar-refractivity contribution in [1.29, 1.82) is 0 Å². The van der Waals surface area contributed by atoms with E-state index in [9.17, 15) is 5.11 Å². The molecule has 0 aliphatic carbocycles. The predicted molar refractivity (Wildman–Crippen MR) is 94.0 cm³/mol. The summed E-state index contributed by atoms with van der Waals surface area (Å²) in [5.41, 5.74) is 3.38. The summed E-state index contributed by atoms with van der Waals surface area (Å²) in [6.07, 6.45) is 0. The van der Waals surface area contributed by atoms with Crippen LogP contribution in [0.1, 0.15) is 11.1 Å². The van der Waals surface area contributed by atoms with E-state index in [4.69, 9.17) is 4.99 Å². The third-order valence-electron chi connectivity index (χ3n) is 3.26. The molecule has 0 bridgehead atoms. The molecule has 0 unspecified atom stereocenters. The molecule has 0 atom stereocenters. The molecular formula is C19H14BrNO. The van der Waals surface area contributed by atoms with Crippen LogP contribution in [0, 0.1) is 0 Å². The number of benzene rings is 3. The summed E-state index contributed by atoms with van der Waals surface area (Å²) < 4.78 is 0.879. The number of halogens is 1. The molecule has 1 N–H and O–H groups in total. The van der Waals surface area contributed by atoms with Gasteiger partial charge in [-0.2, -0.15) is 0 Å². The average Bonchev–Trinajstić information content (AvgIpc) is 2.57. The van der Waals surface area contributed by atoms with Crippen molar-refractivity contribution in [3.63, 3.8) is 0 Å². The predicted octanol–water partition coefficient (Wildman–Crippen LogP) is 5.32. The van der Waals surface area contributed by atoms with E-state index in [-0.39, 0.29) is 5.75 Å². The molecular weight excluding hydrogens is 338 g/mol. The van der Waals surface area contributed by atoms with Gasteiger partial charge in [-0.3, -0.25) is 0 Å². The molecule has 22 heavy (non-hydrogen) atoms. The van der Waals surface area contributed by atoms with E-state index in [0.717, 1.165) is 21.3 Å². The second-order valence-corrected chi connectivity index (χ2v) is 5.74. The molecule has 0 aliphatic heterocycles. The fourth-order valence-electron chi connectivity index (χ4n) is 2.19. The van der Waals surface area contributed by atoms with Crippen LogP contribution in [0.3, 0.4) is 0 Å². The van der Waals surface area contributed by atoms with E-state index in [1.807, 2.05) is 60.7 Å². The smallest absolute Gasteiger partial charge is 0.141 e. The normalized spacial score (nSPS) is 10.2. The zero-order valence-corrected chi connectivity index (χ0v) is 13.4. The fraction of sp³-hybridized carbons (Fsp3) is 0. The second-order valence-electron chi connectivity index (χ2n) is 4.83. The van der Waals surface area contributed by atoms with E-state index in [1.165, 1.54) is 0 Å². The lowest BCUT2D eigenvalue weighted by Gasteiger charge is -2.08. The Balaban J connectivity index is 2.18. The van der Waals surface area contributed by atoms with Crippen molar-refractivity contribution >= 4 is 27.3 Å². The van der Waals surface area contributed by atoms with Crippen molar-refractivity contribution in [1.82, 2.24) is 0 Å². The Hall–Kier alpha value is -2.39. The fourth-order valence-corrected chi connectivity index (χ4v) is 2.54. The number of phenolic OH excluding ortho intramolecular Hbond substituents is 1. The second kappa shape index (κ2) is 6.58. The van der Waals surface area contributed by atoms with E-state index in [0.29, 0.717) is 5.69 Å². The third-order valence-corrected chi connectivity index (χ3v) is 3.76.